The van der Waals surface area contributed by atoms with Crippen LogP contribution in [0.5, 0.6) is 0 Å². The van der Waals surface area contributed by atoms with Crippen molar-refractivity contribution in [2.24, 2.45) is 5.92 Å². The highest BCUT2D eigenvalue weighted by atomic mass is 32.1. The molecule has 0 aromatic carbocycles. The molecule has 1 aliphatic heterocycles. The monoisotopic (exact) mass is 361 g/mol. The predicted molar refractivity (Wildman–Crippen MR) is 94.2 cm³/mol. The maximum absolute atomic E-state index is 12.7. The third-order valence-corrected chi connectivity index (χ3v) is 6.87. The molecule has 3 aliphatic rings. The first-order chi connectivity index (χ1) is 12.0. The van der Waals surface area contributed by atoms with E-state index in [1.165, 1.54) is 21.8 Å². The van der Waals surface area contributed by atoms with Crippen LogP contribution >= 0.6 is 11.3 Å². The van der Waals surface area contributed by atoms with Gasteiger partial charge in [-0.3, -0.25) is 15.0 Å². The van der Waals surface area contributed by atoms with E-state index in [1.54, 1.807) is 0 Å². The molecule has 6 nitrogen and oxygen atoms in total. The number of fused-ring (bicyclic) bond motifs is 1. The van der Waals surface area contributed by atoms with Crippen LogP contribution in [0.25, 0.3) is 0 Å². The van der Waals surface area contributed by atoms with Crippen LogP contribution < -0.4 is 10.7 Å². The third kappa shape index (κ3) is 2.84. The number of imide groups is 1. The third-order valence-electron chi connectivity index (χ3n) is 5.64. The molecule has 2 N–H and O–H groups in total. The lowest BCUT2D eigenvalue weighted by Crippen LogP contribution is -2.50. The maximum Gasteiger partial charge on any atom is 0.344 e. The Bertz CT molecular complexity index is 736. The van der Waals surface area contributed by atoms with E-state index in [1.807, 2.05) is 6.07 Å². The summed E-state index contributed by atoms with van der Waals surface area (Å²) in [5.41, 5.74) is 2.95. The summed E-state index contributed by atoms with van der Waals surface area (Å²) in [4.78, 5) is 39.4. The summed E-state index contributed by atoms with van der Waals surface area (Å²) >= 11 is 1.48. The van der Waals surface area contributed by atoms with Crippen molar-refractivity contribution in [1.29, 1.82) is 0 Å². The number of nitrogens with zero attached hydrogens (tertiary/aromatic N) is 1. The van der Waals surface area contributed by atoms with Crippen molar-refractivity contribution in [3.05, 3.63) is 21.4 Å². The molecule has 1 spiro atoms. The summed E-state index contributed by atoms with van der Waals surface area (Å²) in [6.07, 6.45) is 7.35. The first-order valence-electron chi connectivity index (χ1n) is 9.08. The molecule has 0 radical (unpaired) electrons. The number of nitrogens with one attached hydrogen (secondary N) is 2. The van der Waals surface area contributed by atoms with Crippen LogP contribution in [0.1, 0.15) is 65.6 Å². The van der Waals surface area contributed by atoms with Crippen molar-refractivity contribution in [1.82, 2.24) is 15.8 Å². The van der Waals surface area contributed by atoms with Gasteiger partial charge in [0.05, 0.1) is 4.88 Å². The zero-order valence-corrected chi connectivity index (χ0v) is 15.2. The fourth-order valence-electron chi connectivity index (χ4n) is 4.19. The highest BCUT2D eigenvalue weighted by Gasteiger charge is 2.52. The topological polar surface area (TPSA) is 78.5 Å². The number of carbonyl (C=O) groups excluding carboxylic acids is 3. The molecule has 25 heavy (non-hydrogen) atoms. The molecule has 1 saturated heterocycles. The fourth-order valence-corrected chi connectivity index (χ4v) is 5.29. The molecule has 1 aromatic heterocycles. The molecule has 1 atom stereocenters. The van der Waals surface area contributed by atoms with E-state index in [4.69, 9.17) is 0 Å². The summed E-state index contributed by atoms with van der Waals surface area (Å²) in [5, 5.41) is 3.69. The molecule has 1 aromatic rings. The highest BCUT2D eigenvalue weighted by Crippen LogP contribution is 2.34. The summed E-state index contributed by atoms with van der Waals surface area (Å²) in [5.74, 6) is -0.0565. The van der Waals surface area contributed by atoms with Crippen molar-refractivity contribution in [3.8, 4) is 0 Å². The number of thiophene rings is 1. The molecule has 0 bridgehead atoms. The number of amides is 4. The van der Waals surface area contributed by atoms with Gasteiger partial charge in [0.15, 0.2) is 0 Å². The first kappa shape index (κ1) is 16.6. The van der Waals surface area contributed by atoms with Crippen molar-refractivity contribution >= 4 is 29.2 Å². The second kappa shape index (κ2) is 6.12. The SMILES string of the molecule is C[C@@H]1CCc2sc(C(=O)NN3C(=O)NC4(CCCCC4)C3=O)cc2C1. The summed E-state index contributed by atoms with van der Waals surface area (Å²) in [7, 11) is 0. The van der Waals surface area contributed by atoms with Crippen LogP contribution in [0.15, 0.2) is 6.07 Å². The summed E-state index contributed by atoms with van der Waals surface area (Å²) in [6, 6.07) is 1.40. The van der Waals surface area contributed by atoms with Gasteiger partial charge in [0.25, 0.3) is 11.8 Å². The molecule has 4 amide bonds. The Hall–Kier alpha value is -1.89. The van der Waals surface area contributed by atoms with Crippen LogP contribution in [0, 0.1) is 5.92 Å². The van der Waals surface area contributed by atoms with Crippen molar-refractivity contribution in [2.75, 3.05) is 0 Å². The predicted octanol–water partition coefficient (Wildman–Crippen LogP) is 2.77. The zero-order valence-electron chi connectivity index (χ0n) is 14.4. The van der Waals surface area contributed by atoms with Crippen LogP contribution in [-0.4, -0.2) is 28.4 Å². The van der Waals surface area contributed by atoms with E-state index in [9.17, 15) is 14.4 Å². The number of urea groups is 1. The number of rotatable bonds is 2. The summed E-state index contributed by atoms with van der Waals surface area (Å²) in [6.45, 7) is 2.22. The van der Waals surface area contributed by atoms with E-state index in [-0.39, 0.29) is 11.8 Å². The maximum atomic E-state index is 12.7. The standard InChI is InChI=1S/C18H23N3O3S/c1-11-5-6-13-12(9-11)10-14(25-13)15(22)20-21-16(23)18(19-17(21)24)7-3-2-4-8-18/h10-11H,2-9H2,1H3,(H,19,24)(H,20,22)/t11-/m1/s1. The Labute approximate surface area is 150 Å². The van der Waals surface area contributed by atoms with E-state index in [2.05, 4.69) is 17.7 Å². The Morgan fingerprint density at radius 2 is 2.08 bits per heavy atom. The normalized spacial score (nSPS) is 25.0. The molecule has 134 valence electrons. The molecule has 2 heterocycles. The fraction of sp³-hybridized carbons (Fsp3) is 0.611. The molecule has 1 saturated carbocycles. The van der Waals surface area contributed by atoms with Gasteiger partial charge in [0, 0.05) is 4.88 Å². The van der Waals surface area contributed by atoms with Crippen LogP contribution in [-0.2, 0) is 17.6 Å². The van der Waals surface area contributed by atoms with Gasteiger partial charge in [0.1, 0.15) is 5.54 Å². The minimum absolute atomic E-state index is 0.319. The second-order valence-corrected chi connectivity index (χ2v) is 8.70. The van der Waals surface area contributed by atoms with Crippen molar-refractivity contribution < 1.29 is 14.4 Å². The van der Waals surface area contributed by atoms with Gasteiger partial charge >= 0.3 is 6.03 Å². The molecule has 4 rings (SSSR count). The number of hydrogen-bond acceptors (Lipinski definition) is 4. The van der Waals surface area contributed by atoms with Crippen LogP contribution in [0.3, 0.4) is 0 Å². The van der Waals surface area contributed by atoms with E-state index < -0.39 is 11.6 Å². The van der Waals surface area contributed by atoms with Gasteiger partial charge in [-0.2, -0.15) is 5.01 Å². The first-order valence-corrected chi connectivity index (χ1v) is 9.89. The van der Waals surface area contributed by atoms with Gasteiger partial charge in [-0.1, -0.05) is 26.2 Å². The number of hydrazine groups is 1. The average molecular weight is 361 g/mol. The smallest absolute Gasteiger partial charge is 0.322 e. The van der Waals surface area contributed by atoms with Gasteiger partial charge in [-0.25, -0.2) is 4.79 Å². The lowest BCUT2D eigenvalue weighted by molar-refractivity contribution is -0.134. The highest BCUT2D eigenvalue weighted by molar-refractivity contribution is 7.14. The number of aryl methyl sites for hydroxylation is 1. The lowest BCUT2D eigenvalue weighted by atomic mass is 9.82. The second-order valence-electron chi connectivity index (χ2n) is 7.56. The average Bonchev–Trinajstić information content (AvgIpc) is 3.10. The summed E-state index contributed by atoms with van der Waals surface area (Å²) < 4.78 is 0. The molecular weight excluding hydrogens is 338 g/mol. The van der Waals surface area contributed by atoms with E-state index >= 15 is 0 Å². The molecular formula is C18H23N3O3S. The number of hydrogen-bond donors (Lipinski definition) is 2. The van der Waals surface area contributed by atoms with Crippen LogP contribution in [0.4, 0.5) is 4.79 Å². The minimum atomic E-state index is -0.813. The van der Waals surface area contributed by atoms with Crippen LogP contribution in [0.2, 0.25) is 0 Å². The van der Waals surface area contributed by atoms with Gasteiger partial charge in [-0.05, 0) is 49.7 Å². The van der Waals surface area contributed by atoms with E-state index in [0.29, 0.717) is 23.6 Å². The van der Waals surface area contributed by atoms with Crippen molar-refractivity contribution in [2.45, 2.75) is 63.8 Å². The van der Waals surface area contributed by atoms with Gasteiger partial charge in [0.2, 0.25) is 0 Å². The Morgan fingerprint density at radius 3 is 2.84 bits per heavy atom. The lowest BCUT2D eigenvalue weighted by Gasteiger charge is -2.30. The van der Waals surface area contributed by atoms with E-state index in [0.717, 1.165) is 43.5 Å². The van der Waals surface area contributed by atoms with Crippen molar-refractivity contribution in [3.63, 3.8) is 0 Å². The molecule has 0 unspecified atom stereocenters. The van der Waals surface area contributed by atoms with Gasteiger partial charge in [-0.15, -0.1) is 11.3 Å². The van der Waals surface area contributed by atoms with Gasteiger partial charge < -0.3 is 5.32 Å². The molecule has 2 fully saturated rings. The number of carbonyl (C=O) groups is 3. The largest absolute Gasteiger partial charge is 0.344 e. The Kier molecular flexibility index (Phi) is 4.06. The molecule has 7 heteroatoms. The quantitative estimate of drug-likeness (QED) is 0.795. The zero-order chi connectivity index (χ0) is 17.6. The molecule has 2 aliphatic carbocycles. The Morgan fingerprint density at radius 1 is 1.32 bits per heavy atom. The Balaban J connectivity index is 1.49. The minimum Gasteiger partial charge on any atom is -0.322 e.